The molecule has 0 aliphatic rings. The van der Waals surface area contributed by atoms with Crippen molar-refractivity contribution in [2.75, 3.05) is 12.4 Å². The molecule has 1 N–H and O–H groups in total. The Morgan fingerprint density at radius 2 is 2.11 bits per heavy atom. The summed E-state index contributed by atoms with van der Waals surface area (Å²) in [6.45, 7) is 1.63. The van der Waals surface area contributed by atoms with Gasteiger partial charge in [0.15, 0.2) is 0 Å². The van der Waals surface area contributed by atoms with Crippen LogP contribution in [0.4, 0.5) is 11.4 Å². The van der Waals surface area contributed by atoms with Crippen LogP contribution in [-0.4, -0.2) is 23.9 Å². The van der Waals surface area contributed by atoms with Crippen LogP contribution < -0.4 is 5.32 Å². The lowest BCUT2D eigenvalue weighted by molar-refractivity contribution is -0.384. The van der Waals surface area contributed by atoms with Crippen molar-refractivity contribution in [3.63, 3.8) is 0 Å². The van der Waals surface area contributed by atoms with Gasteiger partial charge in [0.2, 0.25) is 5.91 Å². The molecule has 0 heterocycles. The van der Waals surface area contributed by atoms with Gasteiger partial charge in [0, 0.05) is 17.8 Å². The number of esters is 1. The zero-order valence-corrected chi connectivity index (χ0v) is 9.93. The maximum absolute atomic E-state index is 11.4. The van der Waals surface area contributed by atoms with E-state index in [0.29, 0.717) is 11.3 Å². The molecule has 7 heteroatoms. The van der Waals surface area contributed by atoms with Crippen molar-refractivity contribution in [2.24, 2.45) is 0 Å². The standard InChI is InChI=1S/C11H12N2O5/c1-7-5-8(13(16)17)3-4-9(7)12-10(14)6-11(15)18-2/h3-5H,6H2,1-2H3,(H,12,14). The van der Waals surface area contributed by atoms with E-state index < -0.39 is 23.2 Å². The van der Waals surface area contributed by atoms with E-state index in [4.69, 9.17) is 0 Å². The summed E-state index contributed by atoms with van der Waals surface area (Å²) in [6, 6.07) is 4.04. The first-order valence-corrected chi connectivity index (χ1v) is 5.05. The number of amides is 1. The van der Waals surface area contributed by atoms with Crippen molar-refractivity contribution < 1.29 is 19.2 Å². The van der Waals surface area contributed by atoms with Crippen LogP contribution in [0, 0.1) is 17.0 Å². The number of hydrogen-bond donors (Lipinski definition) is 1. The fraction of sp³-hybridized carbons (Fsp3) is 0.273. The number of nitro benzene ring substituents is 1. The lowest BCUT2D eigenvalue weighted by atomic mass is 10.1. The number of carbonyl (C=O) groups is 2. The molecule has 1 aromatic rings. The quantitative estimate of drug-likeness (QED) is 0.378. The van der Waals surface area contributed by atoms with Gasteiger partial charge in [-0.3, -0.25) is 19.7 Å². The average Bonchev–Trinajstić information content (AvgIpc) is 2.31. The minimum atomic E-state index is -0.646. The molecule has 0 aromatic heterocycles. The molecule has 0 bridgehead atoms. The number of nitro groups is 1. The van der Waals surface area contributed by atoms with Crippen molar-refractivity contribution in [1.82, 2.24) is 0 Å². The van der Waals surface area contributed by atoms with Gasteiger partial charge < -0.3 is 10.1 Å². The predicted octanol–water partition coefficient (Wildman–Crippen LogP) is 1.40. The van der Waals surface area contributed by atoms with Gasteiger partial charge in [0.1, 0.15) is 6.42 Å². The summed E-state index contributed by atoms with van der Waals surface area (Å²) in [7, 11) is 1.19. The SMILES string of the molecule is COC(=O)CC(=O)Nc1ccc([N+](=O)[O-])cc1C. The van der Waals surface area contributed by atoms with Crippen LogP contribution in [0.1, 0.15) is 12.0 Å². The van der Waals surface area contributed by atoms with Gasteiger partial charge in [0.05, 0.1) is 12.0 Å². The minimum absolute atomic E-state index is 0.0570. The van der Waals surface area contributed by atoms with Gasteiger partial charge in [-0.25, -0.2) is 0 Å². The Bertz CT molecular complexity index is 498. The fourth-order valence-electron chi connectivity index (χ4n) is 1.30. The minimum Gasteiger partial charge on any atom is -0.469 e. The van der Waals surface area contributed by atoms with E-state index in [1.165, 1.54) is 25.3 Å². The first-order valence-electron chi connectivity index (χ1n) is 5.05. The van der Waals surface area contributed by atoms with E-state index in [9.17, 15) is 19.7 Å². The van der Waals surface area contributed by atoms with Gasteiger partial charge in [-0.1, -0.05) is 0 Å². The maximum atomic E-state index is 11.4. The first-order chi connectivity index (χ1) is 8.43. The molecule has 0 spiro atoms. The Kier molecular flexibility index (Phi) is 4.36. The molecule has 0 aliphatic carbocycles. The third-order valence-corrected chi connectivity index (χ3v) is 2.23. The highest BCUT2D eigenvalue weighted by molar-refractivity contribution is 6.02. The Hall–Kier alpha value is -2.44. The number of ether oxygens (including phenoxy) is 1. The molecule has 1 aromatic carbocycles. The molecule has 1 amide bonds. The van der Waals surface area contributed by atoms with E-state index in [0.717, 1.165) is 0 Å². The van der Waals surface area contributed by atoms with Crippen molar-refractivity contribution in [3.05, 3.63) is 33.9 Å². The molecule has 0 aliphatic heterocycles. The molecule has 0 unspecified atom stereocenters. The second-order valence-corrected chi connectivity index (χ2v) is 3.56. The van der Waals surface area contributed by atoms with E-state index in [1.807, 2.05) is 0 Å². The lowest BCUT2D eigenvalue weighted by Crippen LogP contribution is -2.17. The molecule has 18 heavy (non-hydrogen) atoms. The number of benzene rings is 1. The van der Waals surface area contributed by atoms with Crippen molar-refractivity contribution >= 4 is 23.3 Å². The number of carbonyl (C=O) groups excluding carboxylic acids is 2. The molecule has 0 saturated heterocycles. The summed E-state index contributed by atoms with van der Waals surface area (Å²) < 4.78 is 4.35. The molecule has 1 rings (SSSR count). The van der Waals surface area contributed by atoms with E-state index in [2.05, 4.69) is 10.1 Å². The highest BCUT2D eigenvalue weighted by atomic mass is 16.6. The first kappa shape index (κ1) is 13.6. The number of nitrogens with one attached hydrogen (secondary N) is 1. The Balaban J connectivity index is 2.77. The van der Waals surface area contributed by atoms with Gasteiger partial charge in [0.25, 0.3) is 5.69 Å². The number of methoxy groups -OCH3 is 1. The summed E-state index contributed by atoms with van der Waals surface area (Å²) >= 11 is 0. The van der Waals surface area contributed by atoms with E-state index in [1.54, 1.807) is 6.92 Å². The molecular formula is C11H12N2O5. The molecule has 0 saturated carbocycles. The molecule has 0 atom stereocenters. The number of nitrogens with zero attached hydrogens (tertiary/aromatic N) is 1. The number of hydrogen-bond acceptors (Lipinski definition) is 5. The molecular weight excluding hydrogens is 240 g/mol. The third kappa shape index (κ3) is 3.55. The van der Waals surface area contributed by atoms with Crippen LogP contribution in [0.3, 0.4) is 0 Å². The van der Waals surface area contributed by atoms with E-state index in [-0.39, 0.29) is 5.69 Å². The molecule has 96 valence electrons. The Morgan fingerprint density at radius 1 is 1.44 bits per heavy atom. The topological polar surface area (TPSA) is 98.5 Å². The summed E-state index contributed by atoms with van der Waals surface area (Å²) in [5.41, 5.74) is 0.912. The highest BCUT2D eigenvalue weighted by Gasteiger charge is 2.12. The van der Waals surface area contributed by atoms with Crippen molar-refractivity contribution in [1.29, 1.82) is 0 Å². The molecule has 7 nitrogen and oxygen atoms in total. The van der Waals surface area contributed by atoms with Crippen LogP contribution in [0.25, 0.3) is 0 Å². The third-order valence-electron chi connectivity index (χ3n) is 2.23. The molecule has 0 fully saturated rings. The van der Waals surface area contributed by atoms with Gasteiger partial charge >= 0.3 is 5.97 Å². The predicted molar refractivity (Wildman–Crippen MR) is 63.1 cm³/mol. The van der Waals surface area contributed by atoms with Crippen LogP contribution in [0.5, 0.6) is 0 Å². The zero-order chi connectivity index (χ0) is 13.7. The Morgan fingerprint density at radius 3 is 2.61 bits per heavy atom. The van der Waals surface area contributed by atoms with Gasteiger partial charge in [-0.2, -0.15) is 0 Å². The number of anilines is 1. The smallest absolute Gasteiger partial charge is 0.315 e. The number of non-ortho nitro benzene ring substituents is 1. The normalized spacial score (nSPS) is 9.67. The fourth-order valence-corrected chi connectivity index (χ4v) is 1.30. The number of aryl methyl sites for hydroxylation is 1. The van der Waals surface area contributed by atoms with Gasteiger partial charge in [-0.05, 0) is 18.6 Å². The monoisotopic (exact) mass is 252 g/mol. The lowest BCUT2D eigenvalue weighted by Gasteiger charge is -2.07. The van der Waals surface area contributed by atoms with Crippen LogP contribution in [-0.2, 0) is 14.3 Å². The second-order valence-electron chi connectivity index (χ2n) is 3.56. The van der Waals surface area contributed by atoms with Crippen LogP contribution >= 0.6 is 0 Å². The van der Waals surface area contributed by atoms with Gasteiger partial charge in [-0.15, -0.1) is 0 Å². The summed E-state index contributed by atoms with van der Waals surface area (Å²) in [6.07, 6.45) is -0.396. The van der Waals surface area contributed by atoms with Crippen LogP contribution in [0.2, 0.25) is 0 Å². The number of rotatable bonds is 4. The summed E-state index contributed by atoms with van der Waals surface area (Å²) in [5, 5.41) is 13.0. The second kappa shape index (κ2) is 5.76. The largest absolute Gasteiger partial charge is 0.469 e. The average molecular weight is 252 g/mol. The van der Waals surface area contributed by atoms with Crippen molar-refractivity contribution in [3.8, 4) is 0 Å². The Labute approximate surface area is 103 Å². The molecule has 0 radical (unpaired) electrons. The van der Waals surface area contributed by atoms with Crippen molar-refractivity contribution in [2.45, 2.75) is 13.3 Å². The summed E-state index contributed by atoms with van der Waals surface area (Å²) in [4.78, 5) is 32.3. The maximum Gasteiger partial charge on any atom is 0.315 e. The van der Waals surface area contributed by atoms with Crippen LogP contribution in [0.15, 0.2) is 18.2 Å². The summed E-state index contributed by atoms with van der Waals surface area (Å²) in [5.74, 6) is -1.18. The zero-order valence-electron chi connectivity index (χ0n) is 9.93. The highest BCUT2D eigenvalue weighted by Crippen LogP contribution is 2.21. The van der Waals surface area contributed by atoms with E-state index >= 15 is 0 Å².